The van der Waals surface area contributed by atoms with Crippen molar-refractivity contribution in [3.05, 3.63) is 69.7 Å². The van der Waals surface area contributed by atoms with E-state index in [0.717, 1.165) is 25.9 Å². The molecule has 6 nitrogen and oxygen atoms in total. The number of fused-ring (bicyclic) bond motifs is 1. The highest BCUT2D eigenvalue weighted by atomic mass is 35.5. The molecule has 1 aliphatic rings. The second kappa shape index (κ2) is 8.02. The highest BCUT2D eigenvalue weighted by Crippen LogP contribution is 2.24. The number of carbonyl (C=O) groups excluding carboxylic acids is 1. The van der Waals surface area contributed by atoms with Crippen LogP contribution in [0.5, 0.6) is 5.75 Å². The quantitative estimate of drug-likeness (QED) is 0.663. The summed E-state index contributed by atoms with van der Waals surface area (Å²) in [7, 11) is 0. The van der Waals surface area contributed by atoms with Crippen molar-refractivity contribution in [1.82, 2.24) is 14.5 Å². The first-order chi connectivity index (χ1) is 13.6. The SMILES string of the molecule is O=C(Cn1c(COc2ccccc2Cl)nc2ccccc2c1=O)N1CCCC1. The fourth-order valence-corrected chi connectivity index (χ4v) is 3.58. The summed E-state index contributed by atoms with van der Waals surface area (Å²) in [4.78, 5) is 32.1. The molecule has 1 saturated heterocycles. The van der Waals surface area contributed by atoms with E-state index in [2.05, 4.69) is 4.98 Å². The van der Waals surface area contributed by atoms with E-state index in [-0.39, 0.29) is 24.6 Å². The summed E-state index contributed by atoms with van der Waals surface area (Å²) >= 11 is 6.15. The van der Waals surface area contributed by atoms with Crippen molar-refractivity contribution in [3.8, 4) is 5.75 Å². The summed E-state index contributed by atoms with van der Waals surface area (Å²) in [5, 5.41) is 0.962. The van der Waals surface area contributed by atoms with E-state index in [9.17, 15) is 9.59 Å². The van der Waals surface area contributed by atoms with Gasteiger partial charge in [0.25, 0.3) is 5.56 Å². The van der Waals surface area contributed by atoms with E-state index in [1.807, 2.05) is 18.2 Å². The first-order valence-electron chi connectivity index (χ1n) is 9.27. The van der Waals surface area contributed by atoms with Gasteiger partial charge < -0.3 is 9.64 Å². The molecule has 1 aliphatic heterocycles. The number of hydrogen-bond donors (Lipinski definition) is 0. The Kier molecular flexibility index (Phi) is 5.30. The Hall–Kier alpha value is -2.86. The van der Waals surface area contributed by atoms with E-state index in [1.165, 1.54) is 4.57 Å². The number of likely N-dealkylation sites (tertiary alicyclic amines) is 1. The van der Waals surface area contributed by atoms with Gasteiger partial charge in [-0.1, -0.05) is 35.9 Å². The van der Waals surface area contributed by atoms with Crippen LogP contribution in [0.15, 0.2) is 53.3 Å². The lowest BCUT2D eigenvalue weighted by Gasteiger charge is -2.18. The van der Waals surface area contributed by atoms with Crippen molar-refractivity contribution in [2.75, 3.05) is 13.1 Å². The van der Waals surface area contributed by atoms with Crippen molar-refractivity contribution in [3.63, 3.8) is 0 Å². The average Bonchev–Trinajstić information content (AvgIpc) is 3.25. The zero-order valence-corrected chi connectivity index (χ0v) is 16.1. The van der Waals surface area contributed by atoms with Crippen LogP contribution in [0.4, 0.5) is 0 Å². The van der Waals surface area contributed by atoms with Crippen LogP contribution in [0.3, 0.4) is 0 Å². The Morgan fingerprint density at radius 3 is 2.57 bits per heavy atom. The van der Waals surface area contributed by atoms with Crippen LogP contribution >= 0.6 is 11.6 Å². The van der Waals surface area contributed by atoms with Crippen LogP contribution in [0.2, 0.25) is 5.02 Å². The minimum absolute atomic E-state index is 0.0388. The summed E-state index contributed by atoms with van der Waals surface area (Å²) in [6.45, 7) is 1.47. The van der Waals surface area contributed by atoms with Crippen LogP contribution in [0, 0.1) is 0 Å². The molecule has 0 atom stereocenters. The van der Waals surface area contributed by atoms with Crippen LogP contribution in [-0.4, -0.2) is 33.4 Å². The van der Waals surface area contributed by atoms with Gasteiger partial charge in [-0.25, -0.2) is 4.98 Å². The van der Waals surface area contributed by atoms with Gasteiger partial charge in [-0.3, -0.25) is 14.2 Å². The molecule has 7 heteroatoms. The fourth-order valence-electron chi connectivity index (χ4n) is 3.39. The Balaban J connectivity index is 1.69. The van der Waals surface area contributed by atoms with Crippen molar-refractivity contribution in [2.24, 2.45) is 0 Å². The molecule has 2 heterocycles. The zero-order valence-electron chi connectivity index (χ0n) is 15.3. The highest BCUT2D eigenvalue weighted by Gasteiger charge is 2.21. The lowest BCUT2D eigenvalue weighted by atomic mass is 10.2. The van der Waals surface area contributed by atoms with Crippen LogP contribution in [-0.2, 0) is 17.9 Å². The Bertz CT molecular complexity index is 1070. The normalized spacial score (nSPS) is 13.8. The molecule has 0 N–H and O–H groups in total. The van der Waals surface area contributed by atoms with Gasteiger partial charge in [-0.2, -0.15) is 0 Å². The van der Waals surface area contributed by atoms with Gasteiger partial charge in [0.15, 0.2) is 5.82 Å². The Labute approximate surface area is 167 Å². The van der Waals surface area contributed by atoms with Gasteiger partial charge in [-0.05, 0) is 37.1 Å². The lowest BCUT2D eigenvalue weighted by molar-refractivity contribution is -0.130. The van der Waals surface area contributed by atoms with Gasteiger partial charge in [0.1, 0.15) is 18.9 Å². The number of aromatic nitrogens is 2. The Morgan fingerprint density at radius 1 is 1.07 bits per heavy atom. The van der Waals surface area contributed by atoms with Crippen molar-refractivity contribution in [2.45, 2.75) is 26.0 Å². The molecule has 0 aliphatic carbocycles. The largest absolute Gasteiger partial charge is 0.484 e. The van der Waals surface area contributed by atoms with E-state index >= 15 is 0 Å². The molecule has 0 spiro atoms. The van der Waals surface area contributed by atoms with E-state index in [0.29, 0.717) is 27.5 Å². The van der Waals surface area contributed by atoms with Crippen molar-refractivity contribution < 1.29 is 9.53 Å². The minimum Gasteiger partial charge on any atom is -0.484 e. The number of amides is 1. The maximum atomic E-state index is 13.0. The molecule has 0 saturated carbocycles. The monoisotopic (exact) mass is 397 g/mol. The second-order valence-corrected chi connectivity index (χ2v) is 7.15. The second-order valence-electron chi connectivity index (χ2n) is 6.74. The lowest BCUT2D eigenvalue weighted by Crippen LogP contribution is -2.36. The summed E-state index contributed by atoms with van der Waals surface area (Å²) < 4.78 is 7.21. The molecule has 2 aromatic carbocycles. The predicted molar refractivity (Wildman–Crippen MR) is 108 cm³/mol. The number of ether oxygens (including phenoxy) is 1. The predicted octanol–water partition coefficient (Wildman–Crippen LogP) is 3.25. The number of rotatable bonds is 5. The molecule has 1 fully saturated rings. The summed E-state index contributed by atoms with van der Waals surface area (Å²) in [5.41, 5.74) is 0.339. The van der Waals surface area contributed by atoms with Gasteiger partial charge >= 0.3 is 0 Å². The van der Waals surface area contributed by atoms with Crippen molar-refractivity contribution >= 4 is 28.4 Å². The smallest absolute Gasteiger partial charge is 0.261 e. The summed E-state index contributed by atoms with van der Waals surface area (Å²) in [6.07, 6.45) is 2.00. The molecule has 0 unspecified atom stereocenters. The first kappa shape index (κ1) is 18.5. The van der Waals surface area contributed by atoms with E-state index in [1.54, 1.807) is 35.2 Å². The molecule has 0 radical (unpaired) electrons. The first-order valence-corrected chi connectivity index (χ1v) is 9.65. The minimum atomic E-state index is -0.240. The summed E-state index contributed by atoms with van der Waals surface area (Å²) in [5.74, 6) is 0.829. The zero-order chi connectivity index (χ0) is 19.5. The molecule has 144 valence electrons. The molecule has 3 aromatic rings. The number of nitrogens with zero attached hydrogens (tertiary/aromatic N) is 3. The number of carbonyl (C=O) groups is 1. The topological polar surface area (TPSA) is 64.4 Å². The number of hydrogen-bond acceptors (Lipinski definition) is 4. The van der Waals surface area contributed by atoms with Crippen LogP contribution in [0.25, 0.3) is 10.9 Å². The number of benzene rings is 2. The summed E-state index contributed by atoms with van der Waals surface area (Å²) in [6, 6.07) is 14.2. The van der Waals surface area contributed by atoms with Crippen molar-refractivity contribution in [1.29, 1.82) is 0 Å². The highest BCUT2D eigenvalue weighted by molar-refractivity contribution is 6.32. The van der Waals surface area contributed by atoms with Crippen LogP contribution < -0.4 is 10.3 Å². The van der Waals surface area contributed by atoms with Crippen LogP contribution in [0.1, 0.15) is 18.7 Å². The molecule has 1 aromatic heterocycles. The Morgan fingerprint density at radius 2 is 1.79 bits per heavy atom. The molecular formula is C21H20ClN3O3. The van der Waals surface area contributed by atoms with Gasteiger partial charge in [0.2, 0.25) is 5.91 Å². The fraction of sp³-hybridized carbons (Fsp3) is 0.286. The van der Waals surface area contributed by atoms with Gasteiger partial charge in [-0.15, -0.1) is 0 Å². The maximum absolute atomic E-state index is 13.0. The third-order valence-corrected chi connectivity index (χ3v) is 5.20. The third-order valence-electron chi connectivity index (χ3n) is 4.89. The molecular weight excluding hydrogens is 378 g/mol. The number of halogens is 1. The average molecular weight is 398 g/mol. The van der Waals surface area contributed by atoms with E-state index in [4.69, 9.17) is 16.3 Å². The van der Waals surface area contributed by atoms with Gasteiger partial charge in [0.05, 0.1) is 15.9 Å². The maximum Gasteiger partial charge on any atom is 0.261 e. The van der Waals surface area contributed by atoms with Gasteiger partial charge in [0, 0.05) is 13.1 Å². The number of para-hydroxylation sites is 2. The molecule has 4 rings (SSSR count). The molecule has 1 amide bonds. The van der Waals surface area contributed by atoms with E-state index < -0.39 is 0 Å². The molecule has 0 bridgehead atoms. The molecule has 28 heavy (non-hydrogen) atoms. The third kappa shape index (κ3) is 3.73. The standard InChI is InChI=1S/C21H20ClN3O3/c22-16-8-2-4-10-18(16)28-14-19-23-17-9-3-1-7-15(17)21(27)25(19)13-20(26)24-11-5-6-12-24/h1-4,7-10H,5-6,11-14H2.